The number of aromatic nitrogens is 5. The first kappa shape index (κ1) is 23.6. The Morgan fingerprint density at radius 1 is 1.31 bits per heavy atom. The van der Waals surface area contributed by atoms with Gasteiger partial charge in [-0.3, -0.25) is 4.79 Å². The molecule has 1 aliphatic heterocycles. The molecule has 0 radical (unpaired) electrons. The number of halogens is 1. The second kappa shape index (κ2) is 10.2. The first-order valence-electron chi connectivity index (χ1n) is 10.4. The van der Waals surface area contributed by atoms with Gasteiger partial charge in [-0.2, -0.15) is 0 Å². The van der Waals surface area contributed by atoms with Crippen molar-refractivity contribution >= 4 is 29.3 Å². The molecule has 15 heteroatoms. The van der Waals surface area contributed by atoms with Crippen molar-refractivity contribution in [1.29, 1.82) is 0 Å². The molecular weight excluding hydrogens is 465 g/mol. The van der Waals surface area contributed by atoms with Crippen molar-refractivity contribution in [2.24, 2.45) is 5.73 Å². The van der Waals surface area contributed by atoms with Crippen molar-refractivity contribution in [3.05, 3.63) is 42.1 Å². The highest BCUT2D eigenvalue weighted by molar-refractivity contribution is 5.98. The molecule has 2 amide bonds. The third-order valence-corrected chi connectivity index (χ3v) is 5.19. The number of nitrogens with one attached hydrogen (secondary N) is 3. The number of hydrogen-bond acceptors (Lipinski definition) is 10. The lowest BCUT2D eigenvalue weighted by molar-refractivity contribution is 0.0625. The Bertz CT molecular complexity index is 1220. The maximum Gasteiger partial charge on any atom is 0.405 e. The quantitative estimate of drug-likeness (QED) is 0.303. The molecule has 0 bridgehead atoms. The van der Waals surface area contributed by atoms with Crippen molar-refractivity contribution in [2.75, 3.05) is 31.0 Å². The van der Waals surface area contributed by atoms with Crippen LogP contribution in [0.3, 0.4) is 0 Å². The fourth-order valence-electron chi connectivity index (χ4n) is 3.56. The standard InChI is InChI=1S/C20H22FN9O5/c1-34-19-15(30-4-3-24-29-30)6-10(8-23-19)25-17-11(16(22)31)7-12(21)18(28-17)26-13-2-5-35-9-14(13)27-20(32)33/h3-4,6-8,13-14,27H,2,5,9H2,1H3,(H2,22,31)(H,32,33)(H2,25,26,28)/t13-,14+/m1/s1. The Labute approximate surface area is 197 Å². The summed E-state index contributed by atoms with van der Waals surface area (Å²) in [5.41, 5.74) is 6.07. The summed E-state index contributed by atoms with van der Waals surface area (Å²) in [5.74, 6) is -1.70. The number of ether oxygens (including phenoxy) is 2. The minimum absolute atomic E-state index is 0.0345. The van der Waals surface area contributed by atoms with E-state index < -0.39 is 29.9 Å². The van der Waals surface area contributed by atoms with Crippen LogP contribution in [0.5, 0.6) is 5.88 Å². The molecule has 4 rings (SSSR count). The predicted molar refractivity (Wildman–Crippen MR) is 119 cm³/mol. The summed E-state index contributed by atoms with van der Waals surface area (Å²) < 4.78 is 26.8. The van der Waals surface area contributed by atoms with Crippen molar-refractivity contribution in [3.63, 3.8) is 0 Å². The number of methoxy groups -OCH3 is 1. The Kier molecular flexibility index (Phi) is 6.86. The summed E-state index contributed by atoms with van der Waals surface area (Å²) in [6, 6.07) is 1.43. The van der Waals surface area contributed by atoms with E-state index in [1.165, 1.54) is 24.2 Å². The zero-order valence-electron chi connectivity index (χ0n) is 18.4. The Hall–Kier alpha value is -4.53. The number of hydrogen-bond donors (Lipinski definition) is 5. The van der Waals surface area contributed by atoms with Crippen LogP contribution < -0.4 is 26.4 Å². The van der Waals surface area contributed by atoms with Gasteiger partial charge in [-0.25, -0.2) is 23.8 Å². The first-order chi connectivity index (χ1) is 16.9. The molecule has 2 atom stereocenters. The molecule has 3 aromatic rings. The largest absolute Gasteiger partial charge is 0.479 e. The molecule has 3 aromatic heterocycles. The molecule has 0 aromatic carbocycles. The van der Waals surface area contributed by atoms with Crippen LogP contribution in [-0.4, -0.2) is 74.5 Å². The Balaban J connectivity index is 1.66. The van der Waals surface area contributed by atoms with Gasteiger partial charge in [0, 0.05) is 6.61 Å². The van der Waals surface area contributed by atoms with Crippen molar-refractivity contribution in [1.82, 2.24) is 30.3 Å². The van der Waals surface area contributed by atoms with Crippen LogP contribution in [0, 0.1) is 5.82 Å². The number of primary amides is 1. The molecule has 0 spiro atoms. The minimum Gasteiger partial charge on any atom is -0.479 e. The monoisotopic (exact) mass is 487 g/mol. The second-order valence-corrected chi connectivity index (χ2v) is 7.47. The van der Waals surface area contributed by atoms with Crippen molar-refractivity contribution in [2.45, 2.75) is 18.5 Å². The zero-order chi connectivity index (χ0) is 24.9. The number of rotatable bonds is 8. The number of carboxylic acid groups (broad SMARTS) is 1. The van der Waals surface area contributed by atoms with Gasteiger partial charge >= 0.3 is 6.09 Å². The summed E-state index contributed by atoms with van der Waals surface area (Å²) >= 11 is 0. The van der Waals surface area contributed by atoms with Gasteiger partial charge in [-0.05, 0) is 18.6 Å². The molecule has 1 fully saturated rings. The maximum atomic E-state index is 14.8. The van der Waals surface area contributed by atoms with E-state index in [2.05, 4.69) is 36.2 Å². The molecule has 184 valence electrons. The third kappa shape index (κ3) is 5.35. The lowest BCUT2D eigenvalue weighted by Gasteiger charge is -2.32. The topological polar surface area (TPSA) is 191 Å². The van der Waals surface area contributed by atoms with Crippen molar-refractivity contribution in [3.8, 4) is 11.6 Å². The summed E-state index contributed by atoms with van der Waals surface area (Å²) in [4.78, 5) is 31.5. The molecular formula is C20H22FN9O5. The van der Waals surface area contributed by atoms with Gasteiger partial charge in [0.2, 0.25) is 5.88 Å². The third-order valence-electron chi connectivity index (χ3n) is 5.19. The summed E-state index contributed by atoms with van der Waals surface area (Å²) in [7, 11) is 1.45. The number of nitrogens with two attached hydrogens (primary N) is 1. The molecule has 6 N–H and O–H groups in total. The average Bonchev–Trinajstić information content (AvgIpc) is 3.36. The molecule has 0 saturated carbocycles. The van der Waals surface area contributed by atoms with E-state index >= 15 is 0 Å². The van der Waals surface area contributed by atoms with E-state index in [-0.39, 0.29) is 29.7 Å². The van der Waals surface area contributed by atoms with Crippen molar-refractivity contribution < 1.29 is 28.6 Å². The first-order valence-corrected chi connectivity index (χ1v) is 10.4. The van der Waals surface area contributed by atoms with Crippen LogP contribution in [0.2, 0.25) is 0 Å². The fraction of sp³-hybridized carbons (Fsp3) is 0.300. The van der Waals surface area contributed by atoms with E-state index in [0.29, 0.717) is 24.4 Å². The lowest BCUT2D eigenvalue weighted by Crippen LogP contribution is -2.52. The number of carbonyl (C=O) groups is 2. The lowest BCUT2D eigenvalue weighted by atomic mass is 10.0. The van der Waals surface area contributed by atoms with Crippen LogP contribution in [-0.2, 0) is 4.74 Å². The van der Waals surface area contributed by atoms with Gasteiger partial charge in [0.25, 0.3) is 5.91 Å². The van der Waals surface area contributed by atoms with Gasteiger partial charge < -0.3 is 36.3 Å². The smallest absolute Gasteiger partial charge is 0.405 e. The summed E-state index contributed by atoms with van der Waals surface area (Å²) in [6.45, 7) is 0.461. The average molecular weight is 487 g/mol. The SMILES string of the molecule is COc1ncc(Nc2nc(N[C@@H]3CCOC[C@@H]3NC(=O)O)c(F)cc2C(N)=O)cc1-n1ccnn1. The highest BCUT2D eigenvalue weighted by atomic mass is 19.1. The van der Waals surface area contributed by atoms with Crippen LogP contribution in [0.1, 0.15) is 16.8 Å². The van der Waals surface area contributed by atoms with E-state index in [0.717, 1.165) is 6.07 Å². The fourth-order valence-corrected chi connectivity index (χ4v) is 3.56. The molecule has 1 aliphatic rings. The number of pyridine rings is 2. The predicted octanol–water partition coefficient (Wildman–Crippen LogP) is 0.884. The maximum absolute atomic E-state index is 14.8. The number of carbonyl (C=O) groups excluding carboxylic acids is 1. The minimum atomic E-state index is -1.23. The van der Waals surface area contributed by atoms with Crippen LogP contribution in [0.4, 0.5) is 26.5 Å². The number of anilines is 3. The van der Waals surface area contributed by atoms with Gasteiger partial charge in [0.1, 0.15) is 11.5 Å². The Morgan fingerprint density at radius 2 is 2.14 bits per heavy atom. The second-order valence-electron chi connectivity index (χ2n) is 7.47. The van der Waals surface area contributed by atoms with E-state index in [4.69, 9.17) is 20.3 Å². The molecule has 0 unspecified atom stereocenters. The summed E-state index contributed by atoms with van der Waals surface area (Å²) in [5, 5.41) is 24.9. The Morgan fingerprint density at radius 3 is 2.83 bits per heavy atom. The number of amides is 2. The van der Waals surface area contributed by atoms with E-state index in [1.54, 1.807) is 12.3 Å². The highest BCUT2D eigenvalue weighted by Gasteiger charge is 2.29. The van der Waals surface area contributed by atoms with Crippen LogP contribution >= 0.6 is 0 Å². The normalized spacial score (nSPS) is 17.4. The van der Waals surface area contributed by atoms with E-state index in [9.17, 15) is 14.0 Å². The van der Waals surface area contributed by atoms with E-state index in [1.807, 2.05) is 0 Å². The molecule has 35 heavy (non-hydrogen) atoms. The van der Waals surface area contributed by atoms with Gasteiger partial charge in [0.15, 0.2) is 11.6 Å². The summed E-state index contributed by atoms with van der Waals surface area (Å²) in [6.07, 6.45) is 3.66. The zero-order valence-corrected chi connectivity index (χ0v) is 18.4. The van der Waals surface area contributed by atoms with Gasteiger partial charge in [0.05, 0.1) is 55.6 Å². The van der Waals surface area contributed by atoms with Crippen LogP contribution in [0.15, 0.2) is 30.7 Å². The molecule has 0 aliphatic carbocycles. The molecule has 4 heterocycles. The molecule has 14 nitrogen and oxygen atoms in total. The van der Waals surface area contributed by atoms with Gasteiger partial charge in [-0.15, -0.1) is 5.10 Å². The number of nitrogens with zero attached hydrogens (tertiary/aromatic N) is 5. The van der Waals surface area contributed by atoms with Gasteiger partial charge in [-0.1, -0.05) is 5.21 Å². The molecule has 1 saturated heterocycles. The highest BCUT2D eigenvalue weighted by Crippen LogP contribution is 2.28. The van der Waals surface area contributed by atoms with Crippen LogP contribution in [0.25, 0.3) is 5.69 Å².